The molecule has 0 spiro atoms. The summed E-state index contributed by atoms with van der Waals surface area (Å²) in [7, 11) is 0. The molecule has 5 nitrogen and oxygen atoms in total. The Balaban J connectivity index is 4.52. The van der Waals surface area contributed by atoms with E-state index in [1.165, 1.54) is 27.7 Å². The smallest absolute Gasteiger partial charge is 0.319 e. The minimum absolute atomic E-state index is 0.514. The monoisotopic (exact) mass is 266 g/mol. The number of carbonyl (C=O) groups is 3. The van der Waals surface area contributed by atoms with Crippen LogP contribution in [0.1, 0.15) is 27.7 Å². The highest BCUT2D eigenvalue weighted by Crippen LogP contribution is 2.36. The zero-order valence-corrected chi connectivity index (χ0v) is 11.1. The maximum Gasteiger partial charge on any atom is 0.319 e. The summed E-state index contributed by atoms with van der Waals surface area (Å²) in [4.78, 5) is 33.0. The summed E-state index contributed by atoms with van der Waals surface area (Å²) in [6.07, 6.45) is 0. The van der Waals surface area contributed by atoms with E-state index in [1.54, 1.807) is 0 Å². The van der Waals surface area contributed by atoms with Crippen LogP contribution in [-0.4, -0.2) is 36.1 Å². The predicted molar refractivity (Wildman–Crippen MR) is 64.0 cm³/mol. The van der Waals surface area contributed by atoms with Gasteiger partial charge in [0.05, 0.1) is 0 Å². The van der Waals surface area contributed by atoms with Gasteiger partial charge in [0.1, 0.15) is 9.49 Å². The Morgan fingerprint density at radius 3 is 1.25 bits per heavy atom. The molecule has 0 fully saturated rings. The summed E-state index contributed by atoms with van der Waals surface area (Å²) in [6.45, 7) is 5.58. The lowest BCUT2D eigenvalue weighted by Crippen LogP contribution is -2.31. The standard InChI is InChI=1S/C9H14O5S2/c1-8(2,5(10)11)15-7(14)16-9(3,4)6(12)13/h1-4H3,(H,10,11)(H,12,13). The van der Waals surface area contributed by atoms with E-state index in [9.17, 15) is 14.4 Å². The van der Waals surface area contributed by atoms with Gasteiger partial charge in [0, 0.05) is 0 Å². The lowest BCUT2D eigenvalue weighted by Gasteiger charge is -2.21. The molecule has 0 aromatic rings. The fraction of sp³-hybridized carbons (Fsp3) is 0.667. The summed E-state index contributed by atoms with van der Waals surface area (Å²) in [5.41, 5.74) is 0. The topological polar surface area (TPSA) is 91.7 Å². The van der Waals surface area contributed by atoms with Crippen LogP contribution in [0.4, 0.5) is 4.79 Å². The second-order valence-corrected chi connectivity index (χ2v) is 7.53. The number of carboxylic acid groups (broad SMARTS) is 2. The summed E-state index contributed by atoms with van der Waals surface area (Å²) in [5, 5.41) is 17.6. The van der Waals surface area contributed by atoms with Gasteiger partial charge in [-0.25, -0.2) is 0 Å². The van der Waals surface area contributed by atoms with Gasteiger partial charge in [0.25, 0.3) is 0 Å². The molecular formula is C9H14O5S2. The molecule has 0 rings (SSSR count). The molecular weight excluding hydrogens is 252 g/mol. The third kappa shape index (κ3) is 4.44. The van der Waals surface area contributed by atoms with Crippen LogP contribution < -0.4 is 0 Å². The molecule has 0 aliphatic carbocycles. The summed E-state index contributed by atoms with van der Waals surface area (Å²) in [6, 6.07) is 0. The van der Waals surface area contributed by atoms with Gasteiger partial charge in [-0.3, -0.25) is 14.4 Å². The molecule has 0 heterocycles. The van der Waals surface area contributed by atoms with Crippen LogP contribution in [0.2, 0.25) is 0 Å². The van der Waals surface area contributed by atoms with Crippen molar-refractivity contribution in [3.05, 3.63) is 0 Å². The van der Waals surface area contributed by atoms with Crippen molar-refractivity contribution >= 4 is 39.9 Å². The van der Waals surface area contributed by atoms with Crippen LogP contribution in [0.25, 0.3) is 0 Å². The highest BCUT2D eigenvalue weighted by atomic mass is 32.2. The van der Waals surface area contributed by atoms with Crippen molar-refractivity contribution in [1.29, 1.82) is 0 Å². The van der Waals surface area contributed by atoms with Crippen LogP contribution in [0.5, 0.6) is 0 Å². The Bertz CT molecular complexity index is 292. The van der Waals surface area contributed by atoms with E-state index in [2.05, 4.69) is 0 Å². The van der Waals surface area contributed by atoms with Gasteiger partial charge in [-0.1, -0.05) is 23.5 Å². The SMILES string of the molecule is CC(C)(SC(=O)SC(C)(C)C(=O)O)C(=O)O. The van der Waals surface area contributed by atoms with E-state index in [1.807, 2.05) is 0 Å². The van der Waals surface area contributed by atoms with E-state index < -0.39 is 25.9 Å². The van der Waals surface area contributed by atoms with Crippen molar-refractivity contribution in [3.8, 4) is 0 Å². The maximum absolute atomic E-state index is 11.5. The molecule has 7 heteroatoms. The van der Waals surface area contributed by atoms with E-state index in [0.717, 1.165) is 0 Å². The number of thioether (sulfide) groups is 2. The Hall–Kier alpha value is -0.690. The van der Waals surface area contributed by atoms with Gasteiger partial charge in [0.15, 0.2) is 0 Å². The van der Waals surface area contributed by atoms with Gasteiger partial charge in [0.2, 0.25) is 4.45 Å². The molecule has 0 atom stereocenters. The van der Waals surface area contributed by atoms with Crippen molar-refractivity contribution in [2.75, 3.05) is 0 Å². The number of rotatable bonds is 4. The average molecular weight is 266 g/mol. The van der Waals surface area contributed by atoms with Gasteiger partial charge >= 0.3 is 11.9 Å². The number of aliphatic carboxylic acids is 2. The molecule has 0 aliphatic heterocycles. The zero-order valence-electron chi connectivity index (χ0n) is 9.44. The Labute approximate surface area is 102 Å². The van der Waals surface area contributed by atoms with Crippen molar-refractivity contribution in [2.24, 2.45) is 0 Å². The van der Waals surface area contributed by atoms with Crippen LogP contribution in [-0.2, 0) is 9.59 Å². The Morgan fingerprint density at radius 1 is 0.812 bits per heavy atom. The molecule has 0 saturated heterocycles. The normalized spacial score (nSPS) is 12.2. The van der Waals surface area contributed by atoms with Crippen LogP contribution in [0.3, 0.4) is 0 Å². The number of carbonyl (C=O) groups excluding carboxylic acids is 1. The molecule has 2 N–H and O–H groups in total. The third-order valence-corrected chi connectivity index (χ3v) is 3.91. The molecule has 0 bridgehead atoms. The minimum atomic E-state index is -1.25. The highest BCUT2D eigenvalue weighted by molar-refractivity contribution is 8.39. The predicted octanol–water partition coefficient (Wildman–Crippen LogP) is 2.30. The van der Waals surface area contributed by atoms with Crippen molar-refractivity contribution in [2.45, 2.75) is 37.2 Å². The largest absolute Gasteiger partial charge is 0.480 e. The lowest BCUT2D eigenvalue weighted by molar-refractivity contribution is -0.139. The molecule has 0 aliphatic rings. The average Bonchev–Trinajstić information content (AvgIpc) is 2.00. The number of carboxylic acids is 2. The first-order valence-corrected chi connectivity index (χ1v) is 6.01. The molecule has 16 heavy (non-hydrogen) atoms. The van der Waals surface area contributed by atoms with E-state index >= 15 is 0 Å². The van der Waals surface area contributed by atoms with Gasteiger partial charge < -0.3 is 10.2 Å². The summed E-state index contributed by atoms with van der Waals surface area (Å²) in [5.74, 6) is -2.22. The molecule has 0 unspecified atom stereocenters. The molecule has 0 saturated carbocycles. The summed E-state index contributed by atoms with van der Waals surface area (Å²) < 4.78 is -3.02. The van der Waals surface area contributed by atoms with Crippen molar-refractivity contribution in [3.63, 3.8) is 0 Å². The molecule has 0 amide bonds. The third-order valence-electron chi connectivity index (χ3n) is 1.71. The van der Waals surface area contributed by atoms with Crippen LogP contribution in [0.15, 0.2) is 0 Å². The van der Waals surface area contributed by atoms with Gasteiger partial charge in [-0.2, -0.15) is 0 Å². The first kappa shape index (κ1) is 15.3. The summed E-state index contributed by atoms with van der Waals surface area (Å²) >= 11 is 1.23. The van der Waals surface area contributed by atoms with E-state index in [4.69, 9.17) is 10.2 Å². The Kier molecular flexibility index (Phi) is 4.87. The minimum Gasteiger partial charge on any atom is -0.480 e. The second-order valence-electron chi connectivity index (χ2n) is 4.09. The molecule has 0 aromatic heterocycles. The fourth-order valence-electron chi connectivity index (χ4n) is 0.525. The zero-order chi connectivity index (χ0) is 13.1. The van der Waals surface area contributed by atoms with Gasteiger partial charge in [-0.15, -0.1) is 0 Å². The lowest BCUT2D eigenvalue weighted by atomic mass is 10.2. The fourth-order valence-corrected chi connectivity index (χ4v) is 2.95. The number of hydrogen-bond acceptors (Lipinski definition) is 5. The molecule has 92 valence electrons. The van der Waals surface area contributed by atoms with Gasteiger partial charge in [-0.05, 0) is 27.7 Å². The van der Waals surface area contributed by atoms with Crippen LogP contribution >= 0.6 is 23.5 Å². The van der Waals surface area contributed by atoms with Crippen LogP contribution in [0, 0.1) is 0 Å². The molecule has 0 aromatic carbocycles. The van der Waals surface area contributed by atoms with E-state index in [-0.39, 0.29) is 0 Å². The van der Waals surface area contributed by atoms with Crippen molar-refractivity contribution in [1.82, 2.24) is 0 Å². The van der Waals surface area contributed by atoms with E-state index in [0.29, 0.717) is 23.5 Å². The number of hydrogen-bond donors (Lipinski definition) is 2. The maximum atomic E-state index is 11.5. The van der Waals surface area contributed by atoms with Crippen molar-refractivity contribution < 1.29 is 24.6 Å². The second kappa shape index (κ2) is 5.09. The first-order valence-electron chi connectivity index (χ1n) is 4.38. The first-order chi connectivity index (χ1) is 6.99. The highest BCUT2D eigenvalue weighted by Gasteiger charge is 2.36. The molecule has 0 radical (unpaired) electrons. The Morgan fingerprint density at radius 2 is 1.06 bits per heavy atom. The quantitative estimate of drug-likeness (QED) is 0.806.